The maximum absolute atomic E-state index is 5.37. The number of hydrogen-bond donors (Lipinski definition) is 1. The van der Waals surface area contributed by atoms with Gasteiger partial charge in [-0.3, -0.25) is 0 Å². The molecule has 0 radical (unpaired) electrons. The van der Waals surface area contributed by atoms with Crippen LogP contribution in [-0.4, -0.2) is 25.5 Å². The highest BCUT2D eigenvalue weighted by molar-refractivity contribution is 7.98. The van der Waals surface area contributed by atoms with Crippen molar-refractivity contribution in [3.63, 3.8) is 0 Å². The standard InChI is InChI=1S/C15H20N2O2S2/c1-10-17-9-12(21-10)8-16-7-11-5-13(18-2)14(19-3)6-15(11)20-4/h5-6,9,16H,7-8H2,1-4H3. The van der Waals surface area contributed by atoms with Crippen molar-refractivity contribution in [2.24, 2.45) is 0 Å². The second-order valence-corrected chi connectivity index (χ2v) is 6.64. The second kappa shape index (κ2) is 7.68. The zero-order valence-electron chi connectivity index (χ0n) is 12.7. The minimum atomic E-state index is 0.765. The van der Waals surface area contributed by atoms with Crippen LogP contribution >= 0.6 is 23.1 Å². The molecule has 4 nitrogen and oxygen atoms in total. The van der Waals surface area contributed by atoms with E-state index >= 15 is 0 Å². The van der Waals surface area contributed by atoms with Crippen LogP contribution in [0.3, 0.4) is 0 Å². The third-order valence-electron chi connectivity index (χ3n) is 3.07. The molecule has 1 heterocycles. The van der Waals surface area contributed by atoms with E-state index in [1.165, 1.54) is 15.3 Å². The second-order valence-electron chi connectivity index (χ2n) is 4.47. The molecule has 0 saturated carbocycles. The molecule has 114 valence electrons. The summed E-state index contributed by atoms with van der Waals surface area (Å²) in [5.41, 5.74) is 1.21. The van der Waals surface area contributed by atoms with Crippen molar-refractivity contribution < 1.29 is 9.47 Å². The molecule has 0 bridgehead atoms. The smallest absolute Gasteiger partial charge is 0.161 e. The topological polar surface area (TPSA) is 43.4 Å². The van der Waals surface area contributed by atoms with E-state index in [1.807, 2.05) is 25.3 Å². The fraction of sp³-hybridized carbons (Fsp3) is 0.400. The summed E-state index contributed by atoms with van der Waals surface area (Å²) >= 11 is 3.43. The van der Waals surface area contributed by atoms with Gasteiger partial charge in [0, 0.05) is 29.1 Å². The Morgan fingerprint density at radius 3 is 2.48 bits per heavy atom. The van der Waals surface area contributed by atoms with E-state index in [4.69, 9.17) is 9.47 Å². The third-order valence-corrected chi connectivity index (χ3v) is 4.80. The van der Waals surface area contributed by atoms with Crippen LogP contribution in [-0.2, 0) is 13.1 Å². The number of thioether (sulfide) groups is 1. The first kappa shape index (κ1) is 16.1. The van der Waals surface area contributed by atoms with E-state index in [9.17, 15) is 0 Å². The molecule has 2 aromatic rings. The SMILES string of the molecule is COc1cc(CNCc2cnc(C)s2)c(SC)cc1OC. The Kier molecular flexibility index (Phi) is 5.90. The molecule has 0 saturated heterocycles. The minimum absolute atomic E-state index is 0.765. The van der Waals surface area contributed by atoms with Crippen LogP contribution in [0, 0.1) is 6.92 Å². The van der Waals surface area contributed by atoms with Crippen LogP contribution in [0.1, 0.15) is 15.4 Å². The molecule has 0 aliphatic carbocycles. The molecule has 6 heteroatoms. The Morgan fingerprint density at radius 2 is 1.90 bits per heavy atom. The van der Waals surface area contributed by atoms with Gasteiger partial charge in [-0.05, 0) is 30.9 Å². The highest BCUT2D eigenvalue weighted by Gasteiger charge is 2.10. The number of hydrogen-bond acceptors (Lipinski definition) is 6. The maximum Gasteiger partial charge on any atom is 0.161 e. The van der Waals surface area contributed by atoms with Gasteiger partial charge in [-0.1, -0.05) is 0 Å². The molecule has 0 amide bonds. The fourth-order valence-electron chi connectivity index (χ4n) is 2.04. The molecule has 0 spiro atoms. The number of ether oxygens (including phenoxy) is 2. The first-order chi connectivity index (χ1) is 10.2. The maximum atomic E-state index is 5.37. The number of thiazole rings is 1. The van der Waals surface area contributed by atoms with Crippen LogP contribution in [0.4, 0.5) is 0 Å². The van der Waals surface area contributed by atoms with Gasteiger partial charge < -0.3 is 14.8 Å². The largest absolute Gasteiger partial charge is 0.493 e. The van der Waals surface area contributed by atoms with Crippen LogP contribution in [0.15, 0.2) is 23.2 Å². The van der Waals surface area contributed by atoms with Crippen molar-refractivity contribution in [1.82, 2.24) is 10.3 Å². The van der Waals surface area contributed by atoms with Gasteiger partial charge in [-0.15, -0.1) is 23.1 Å². The van der Waals surface area contributed by atoms with Crippen molar-refractivity contribution >= 4 is 23.1 Å². The number of aromatic nitrogens is 1. The summed E-state index contributed by atoms with van der Waals surface area (Å²) in [4.78, 5) is 6.71. The quantitative estimate of drug-likeness (QED) is 0.790. The fourth-order valence-corrected chi connectivity index (χ4v) is 3.42. The molecule has 0 aliphatic rings. The molecule has 2 rings (SSSR count). The zero-order valence-corrected chi connectivity index (χ0v) is 14.4. The Morgan fingerprint density at radius 1 is 1.19 bits per heavy atom. The number of nitrogens with zero attached hydrogens (tertiary/aromatic N) is 1. The molecular weight excluding hydrogens is 304 g/mol. The van der Waals surface area contributed by atoms with E-state index in [2.05, 4.69) is 16.6 Å². The zero-order chi connectivity index (χ0) is 15.2. The molecule has 1 aromatic heterocycles. The van der Waals surface area contributed by atoms with Gasteiger partial charge >= 0.3 is 0 Å². The number of aryl methyl sites for hydroxylation is 1. The Labute approximate surface area is 133 Å². The minimum Gasteiger partial charge on any atom is -0.493 e. The summed E-state index contributed by atoms with van der Waals surface area (Å²) in [5, 5.41) is 4.56. The number of rotatable bonds is 7. The van der Waals surface area contributed by atoms with Gasteiger partial charge in [0.25, 0.3) is 0 Å². The predicted molar refractivity (Wildman–Crippen MR) is 88.7 cm³/mol. The molecule has 1 N–H and O–H groups in total. The first-order valence-corrected chi connectivity index (χ1v) is 8.63. The van der Waals surface area contributed by atoms with Crippen LogP contribution < -0.4 is 14.8 Å². The predicted octanol–water partition coefficient (Wildman–Crippen LogP) is 3.48. The van der Waals surface area contributed by atoms with E-state index in [-0.39, 0.29) is 0 Å². The molecule has 0 unspecified atom stereocenters. The van der Waals surface area contributed by atoms with Crippen molar-refractivity contribution in [2.75, 3.05) is 20.5 Å². The lowest BCUT2D eigenvalue weighted by Crippen LogP contribution is -2.12. The highest BCUT2D eigenvalue weighted by atomic mass is 32.2. The van der Waals surface area contributed by atoms with Gasteiger partial charge in [-0.2, -0.15) is 0 Å². The molecule has 0 aliphatic heterocycles. The normalized spacial score (nSPS) is 10.7. The van der Waals surface area contributed by atoms with Crippen LogP contribution in [0.5, 0.6) is 11.5 Å². The summed E-state index contributed by atoms with van der Waals surface area (Å²) in [6, 6.07) is 4.06. The van der Waals surface area contributed by atoms with Crippen LogP contribution in [0.25, 0.3) is 0 Å². The number of methoxy groups -OCH3 is 2. The van der Waals surface area contributed by atoms with E-state index < -0.39 is 0 Å². The Hall–Kier alpha value is -1.24. The van der Waals surface area contributed by atoms with Gasteiger partial charge in [-0.25, -0.2) is 4.98 Å². The Balaban J connectivity index is 2.07. The van der Waals surface area contributed by atoms with Crippen LogP contribution in [0.2, 0.25) is 0 Å². The third kappa shape index (κ3) is 4.12. The van der Waals surface area contributed by atoms with Crippen molar-refractivity contribution in [3.05, 3.63) is 33.8 Å². The van der Waals surface area contributed by atoms with Gasteiger partial charge in [0.1, 0.15) is 0 Å². The summed E-state index contributed by atoms with van der Waals surface area (Å²) in [5.74, 6) is 1.53. The van der Waals surface area contributed by atoms with Gasteiger partial charge in [0.15, 0.2) is 11.5 Å². The number of benzene rings is 1. The van der Waals surface area contributed by atoms with Gasteiger partial charge in [0.05, 0.1) is 19.2 Å². The highest BCUT2D eigenvalue weighted by Crippen LogP contribution is 2.34. The van der Waals surface area contributed by atoms with E-state index in [1.54, 1.807) is 37.3 Å². The van der Waals surface area contributed by atoms with Gasteiger partial charge in [0.2, 0.25) is 0 Å². The summed E-state index contributed by atoms with van der Waals surface area (Å²) < 4.78 is 10.7. The van der Waals surface area contributed by atoms with E-state index in [0.717, 1.165) is 29.6 Å². The monoisotopic (exact) mass is 324 g/mol. The average molecular weight is 324 g/mol. The molecule has 0 fully saturated rings. The summed E-state index contributed by atoms with van der Waals surface area (Å²) in [6.45, 7) is 3.63. The summed E-state index contributed by atoms with van der Waals surface area (Å²) in [7, 11) is 3.32. The lowest BCUT2D eigenvalue weighted by atomic mass is 10.2. The average Bonchev–Trinajstić information content (AvgIpc) is 2.92. The first-order valence-electron chi connectivity index (χ1n) is 6.58. The lowest BCUT2D eigenvalue weighted by molar-refractivity contribution is 0.353. The lowest BCUT2D eigenvalue weighted by Gasteiger charge is -2.14. The summed E-state index contributed by atoms with van der Waals surface area (Å²) in [6.07, 6.45) is 3.99. The molecule has 21 heavy (non-hydrogen) atoms. The van der Waals surface area contributed by atoms with Crippen molar-refractivity contribution in [2.45, 2.75) is 24.9 Å². The van der Waals surface area contributed by atoms with Crippen molar-refractivity contribution in [3.8, 4) is 11.5 Å². The van der Waals surface area contributed by atoms with E-state index in [0.29, 0.717) is 0 Å². The Bertz CT molecular complexity index is 599. The molecule has 0 atom stereocenters. The number of nitrogens with one attached hydrogen (secondary N) is 1. The molecule has 1 aromatic carbocycles. The molecular formula is C15H20N2O2S2. The van der Waals surface area contributed by atoms with Crippen molar-refractivity contribution in [1.29, 1.82) is 0 Å².